The lowest BCUT2D eigenvalue weighted by Crippen LogP contribution is -2.25. The van der Waals surface area contributed by atoms with Crippen LogP contribution in [0.1, 0.15) is 15.9 Å². The van der Waals surface area contributed by atoms with Gasteiger partial charge in [0.1, 0.15) is 17.3 Å². The molecule has 6 nitrogen and oxygen atoms in total. The van der Waals surface area contributed by atoms with Crippen LogP contribution < -0.4 is 14.5 Å². The van der Waals surface area contributed by atoms with E-state index >= 15 is 0 Å². The van der Waals surface area contributed by atoms with Crippen LogP contribution in [0, 0.1) is 5.82 Å². The van der Waals surface area contributed by atoms with Gasteiger partial charge in [0.2, 0.25) is 5.13 Å². The third kappa shape index (κ3) is 4.54. The van der Waals surface area contributed by atoms with Gasteiger partial charge >= 0.3 is 0 Å². The van der Waals surface area contributed by atoms with Crippen molar-refractivity contribution in [3.05, 3.63) is 83.7 Å². The Morgan fingerprint density at radius 3 is 2.35 bits per heavy atom. The lowest BCUT2D eigenvalue weighted by molar-refractivity contribution is 0.0988. The van der Waals surface area contributed by atoms with Gasteiger partial charge in [-0.2, -0.15) is 10.1 Å². The van der Waals surface area contributed by atoms with Crippen molar-refractivity contribution in [2.75, 3.05) is 19.2 Å². The van der Waals surface area contributed by atoms with Crippen LogP contribution in [0.2, 0.25) is 0 Å². The number of ether oxygens (including phenoxy) is 2. The van der Waals surface area contributed by atoms with E-state index in [-0.39, 0.29) is 11.7 Å². The van der Waals surface area contributed by atoms with Crippen molar-refractivity contribution in [3.63, 3.8) is 0 Å². The third-order valence-electron chi connectivity index (χ3n) is 4.49. The Morgan fingerprint density at radius 1 is 1.00 bits per heavy atom. The van der Waals surface area contributed by atoms with Gasteiger partial charge in [-0.15, -0.1) is 0 Å². The zero-order chi connectivity index (χ0) is 21.8. The molecule has 0 saturated heterocycles. The van der Waals surface area contributed by atoms with Crippen LogP contribution in [0.3, 0.4) is 0 Å². The van der Waals surface area contributed by atoms with Gasteiger partial charge in [0.15, 0.2) is 0 Å². The quantitative estimate of drug-likeness (QED) is 0.311. The molecular formula is C23H18FN3O3S. The standard InChI is InChI=1S/C23H18FN3O3S/c1-29-18-9-5-16(6-10-18)22(28)27(25-14-15-3-7-17(24)8-4-15)23-26-20-12-11-19(30-2)13-21(20)31-23/h3-14H,1-2H3/b25-14+. The molecule has 1 heterocycles. The Labute approximate surface area is 182 Å². The third-order valence-corrected chi connectivity index (χ3v) is 5.48. The molecule has 0 spiro atoms. The maximum atomic E-state index is 13.3. The van der Waals surface area contributed by atoms with E-state index in [1.165, 1.54) is 34.7 Å². The second-order valence-electron chi connectivity index (χ2n) is 6.47. The Hall–Kier alpha value is -3.78. The summed E-state index contributed by atoms with van der Waals surface area (Å²) in [7, 11) is 3.15. The number of halogens is 1. The molecule has 1 amide bonds. The summed E-state index contributed by atoms with van der Waals surface area (Å²) in [5.41, 5.74) is 1.80. The minimum Gasteiger partial charge on any atom is -0.497 e. The predicted molar refractivity (Wildman–Crippen MR) is 120 cm³/mol. The van der Waals surface area contributed by atoms with Crippen LogP contribution in [-0.4, -0.2) is 31.3 Å². The number of nitrogens with zero attached hydrogens (tertiary/aromatic N) is 3. The molecule has 0 saturated carbocycles. The summed E-state index contributed by atoms with van der Waals surface area (Å²) in [6.07, 6.45) is 1.49. The molecule has 1 aromatic heterocycles. The average molecular weight is 435 g/mol. The number of thiazole rings is 1. The van der Waals surface area contributed by atoms with Crippen molar-refractivity contribution in [2.45, 2.75) is 0 Å². The normalized spacial score (nSPS) is 11.1. The zero-order valence-electron chi connectivity index (χ0n) is 16.8. The topological polar surface area (TPSA) is 64.0 Å². The van der Waals surface area contributed by atoms with Crippen LogP contribution in [-0.2, 0) is 0 Å². The number of carbonyl (C=O) groups excluding carboxylic acids is 1. The summed E-state index contributed by atoms with van der Waals surface area (Å²) in [6.45, 7) is 0. The Morgan fingerprint density at radius 2 is 1.68 bits per heavy atom. The van der Waals surface area contributed by atoms with E-state index < -0.39 is 0 Å². The van der Waals surface area contributed by atoms with Crippen LogP contribution in [0.4, 0.5) is 9.52 Å². The number of carbonyl (C=O) groups is 1. The van der Waals surface area contributed by atoms with E-state index in [0.29, 0.717) is 27.8 Å². The summed E-state index contributed by atoms with van der Waals surface area (Å²) < 4.78 is 24.5. The molecule has 156 valence electrons. The fourth-order valence-corrected chi connectivity index (χ4v) is 3.78. The van der Waals surface area contributed by atoms with Gasteiger partial charge in [0, 0.05) is 5.56 Å². The van der Waals surface area contributed by atoms with E-state index in [1.807, 2.05) is 18.2 Å². The molecule has 4 aromatic rings. The SMILES string of the molecule is COc1ccc(C(=O)N(/N=C/c2ccc(F)cc2)c2nc3ccc(OC)cc3s2)cc1. The number of hydrazone groups is 1. The smallest absolute Gasteiger partial charge is 0.280 e. The van der Waals surface area contributed by atoms with Crippen LogP contribution in [0.5, 0.6) is 11.5 Å². The van der Waals surface area contributed by atoms with E-state index in [9.17, 15) is 9.18 Å². The first kappa shape index (κ1) is 20.5. The van der Waals surface area contributed by atoms with Gasteiger partial charge in [0.25, 0.3) is 5.91 Å². The lowest BCUT2D eigenvalue weighted by atomic mass is 10.2. The van der Waals surface area contributed by atoms with E-state index in [4.69, 9.17) is 9.47 Å². The molecule has 31 heavy (non-hydrogen) atoms. The maximum absolute atomic E-state index is 13.3. The second-order valence-corrected chi connectivity index (χ2v) is 7.48. The highest BCUT2D eigenvalue weighted by Gasteiger charge is 2.21. The highest BCUT2D eigenvalue weighted by Crippen LogP contribution is 2.32. The highest BCUT2D eigenvalue weighted by molar-refractivity contribution is 7.22. The monoisotopic (exact) mass is 435 g/mol. The molecule has 0 radical (unpaired) electrons. The number of hydrogen-bond acceptors (Lipinski definition) is 6. The summed E-state index contributed by atoms with van der Waals surface area (Å²) in [6, 6.07) is 18.1. The van der Waals surface area contributed by atoms with Crippen molar-refractivity contribution >= 4 is 38.8 Å². The molecule has 0 aliphatic carbocycles. The van der Waals surface area contributed by atoms with Crippen LogP contribution >= 0.6 is 11.3 Å². The van der Waals surface area contributed by atoms with Gasteiger partial charge in [0.05, 0.1) is 30.7 Å². The Kier molecular flexibility index (Phi) is 5.90. The minimum atomic E-state index is -0.355. The Bertz CT molecular complexity index is 1240. The number of methoxy groups -OCH3 is 2. The molecule has 0 N–H and O–H groups in total. The van der Waals surface area contributed by atoms with Gasteiger partial charge in [-0.3, -0.25) is 4.79 Å². The van der Waals surface area contributed by atoms with Gasteiger partial charge < -0.3 is 9.47 Å². The van der Waals surface area contributed by atoms with E-state index in [2.05, 4.69) is 10.1 Å². The zero-order valence-corrected chi connectivity index (χ0v) is 17.6. The molecule has 0 unspecified atom stereocenters. The van der Waals surface area contributed by atoms with Crippen LogP contribution in [0.15, 0.2) is 71.8 Å². The van der Waals surface area contributed by atoms with Gasteiger partial charge in [-0.05, 0) is 60.2 Å². The highest BCUT2D eigenvalue weighted by atomic mass is 32.1. The van der Waals surface area contributed by atoms with Crippen LogP contribution in [0.25, 0.3) is 10.2 Å². The molecule has 0 aliphatic heterocycles. The number of hydrogen-bond donors (Lipinski definition) is 0. The molecule has 4 rings (SSSR count). The first-order chi connectivity index (χ1) is 15.1. The average Bonchev–Trinajstić information content (AvgIpc) is 3.23. The fraction of sp³-hybridized carbons (Fsp3) is 0.0870. The first-order valence-corrected chi connectivity index (χ1v) is 10.1. The minimum absolute atomic E-state index is 0.344. The molecule has 0 fully saturated rings. The number of rotatable bonds is 6. The Balaban J connectivity index is 1.74. The number of anilines is 1. The molecule has 0 atom stereocenters. The number of amides is 1. The van der Waals surface area contributed by atoms with E-state index in [1.54, 1.807) is 50.6 Å². The number of aromatic nitrogens is 1. The second kappa shape index (κ2) is 8.93. The summed E-state index contributed by atoms with van der Waals surface area (Å²) in [4.78, 5) is 17.8. The summed E-state index contributed by atoms with van der Waals surface area (Å²) in [5.74, 6) is 0.644. The molecule has 0 aliphatic rings. The maximum Gasteiger partial charge on any atom is 0.280 e. The van der Waals surface area contributed by atoms with Crippen molar-refractivity contribution < 1.29 is 18.7 Å². The lowest BCUT2D eigenvalue weighted by Gasteiger charge is -2.14. The summed E-state index contributed by atoms with van der Waals surface area (Å²) >= 11 is 1.32. The summed E-state index contributed by atoms with van der Waals surface area (Å²) in [5, 5.41) is 6.02. The van der Waals surface area contributed by atoms with Crippen molar-refractivity contribution in [2.24, 2.45) is 5.10 Å². The molecular weight excluding hydrogens is 417 g/mol. The molecule has 3 aromatic carbocycles. The van der Waals surface area contributed by atoms with Crippen molar-refractivity contribution in [3.8, 4) is 11.5 Å². The van der Waals surface area contributed by atoms with Crippen molar-refractivity contribution in [1.29, 1.82) is 0 Å². The number of benzene rings is 3. The number of fused-ring (bicyclic) bond motifs is 1. The van der Waals surface area contributed by atoms with Gasteiger partial charge in [-0.25, -0.2) is 9.37 Å². The van der Waals surface area contributed by atoms with E-state index in [0.717, 1.165) is 10.2 Å². The predicted octanol–water partition coefficient (Wildman–Crippen LogP) is 5.13. The molecule has 0 bridgehead atoms. The molecule has 8 heteroatoms. The fourth-order valence-electron chi connectivity index (χ4n) is 2.83. The van der Waals surface area contributed by atoms with Gasteiger partial charge in [-0.1, -0.05) is 23.5 Å². The first-order valence-electron chi connectivity index (χ1n) is 9.30. The van der Waals surface area contributed by atoms with Crippen molar-refractivity contribution in [1.82, 2.24) is 4.98 Å². The largest absolute Gasteiger partial charge is 0.497 e.